The van der Waals surface area contributed by atoms with Crippen LogP contribution in [0, 0.1) is 0 Å². The van der Waals surface area contributed by atoms with Crippen LogP contribution in [0.1, 0.15) is 24.1 Å². The lowest BCUT2D eigenvalue weighted by atomic mass is 9.95. The van der Waals surface area contributed by atoms with Gasteiger partial charge in [-0.05, 0) is 61.0 Å². The molecule has 1 fully saturated rings. The number of aliphatic hydroxyl groups excluding tert-OH is 1. The van der Waals surface area contributed by atoms with Crippen molar-refractivity contribution in [2.75, 3.05) is 11.5 Å². The number of nitrogens with zero attached hydrogens (tertiary/aromatic N) is 2. The molecule has 176 valence electrons. The van der Waals surface area contributed by atoms with Crippen LogP contribution < -0.4 is 9.64 Å². The average Bonchev–Trinajstić information content (AvgIpc) is 3.39. The molecule has 2 N–H and O–H groups in total. The van der Waals surface area contributed by atoms with Crippen LogP contribution in [0.3, 0.4) is 0 Å². The Labute approximate surface area is 209 Å². The predicted molar refractivity (Wildman–Crippen MR) is 135 cm³/mol. The molecule has 1 amide bonds. The first-order valence-electron chi connectivity index (χ1n) is 10.8. The maximum atomic E-state index is 13.3. The zero-order chi connectivity index (χ0) is 24.7. The van der Waals surface area contributed by atoms with Gasteiger partial charge in [0.2, 0.25) is 0 Å². The van der Waals surface area contributed by atoms with E-state index in [9.17, 15) is 19.8 Å². The predicted octanol–water partition coefficient (Wildman–Crippen LogP) is 5.68. The number of aliphatic hydroxyl groups is 1. The van der Waals surface area contributed by atoms with Gasteiger partial charge in [-0.2, -0.15) is 0 Å². The maximum Gasteiger partial charge on any atom is 0.301 e. The third kappa shape index (κ3) is 4.00. The van der Waals surface area contributed by atoms with Crippen molar-refractivity contribution in [2.45, 2.75) is 13.0 Å². The number of carbonyl (C=O) groups excluding carboxylic acids is 2. The molecule has 3 aromatic carbocycles. The van der Waals surface area contributed by atoms with Gasteiger partial charge in [-0.15, -0.1) is 0 Å². The first-order valence-corrected chi connectivity index (χ1v) is 12.0. The fourth-order valence-corrected chi connectivity index (χ4v) is 5.16. The summed E-state index contributed by atoms with van der Waals surface area (Å²) in [5.41, 5.74) is 1.40. The van der Waals surface area contributed by atoms with Gasteiger partial charge in [0, 0.05) is 10.6 Å². The Morgan fingerprint density at radius 1 is 1.11 bits per heavy atom. The van der Waals surface area contributed by atoms with Crippen LogP contribution in [0.5, 0.6) is 11.5 Å². The summed E-state index contributed by atoms with van der Waals surface area (Å²) in [6.45, 7) is 2.08. The van der Waals surface area contributed by atoms with E-state index in [-0.39, 0.29) is 22.8 Å². The van der Waals surface area contributed by atoms with Crippen LogP contribution in [0.15, 0.2) is 72.3 Å². The van der Waals surface area contributed by atoms with Crippen molar-refractivity contribution in [3.8, 4) is 11.5 Å². The Hall–Kier alpha value is -3.88. The van der Waals surface area contributed by atoms with Gasteiger partial charge in [-0.1, -0.05) is 41.1 Å². The second-order valence-electron chi connectivity index (χ2n) is 7.80. The Kier molecular flexibility index (Phi) is 5.92. The van der Waals surface area contributed by atoms with Crippen molar-refractivity contribution in [1.82, 2.24) is 4.98 Å². The minimum atomic E-state index is -0.994. The van der Waals surface area contributed by atoms with E-state index in [2.05, 4.69) is 4.98 Å². The molecule has 1 atom stereocenters. The third-order valence-electron chi connectivity index (χ3n) is 5.65. The second kappa shape index (κ2) is 9.05. The van der Waals surface area contributed by atoms with Gasteiger partial charge in [0.05, 0.1) is 28.4 Å². The minimum absolute atomic E-state index is 0.0785. The molecule has 7 nitrogen and oxygen atoms in total. The Morgan fingerprint density at radius 3 is 2.57 bits per heavy atom. The van der Waals surface area contributed by atoms with E-state index in [1.54, 1.807) is 43.3 Å². The van der Waals surface area contributed by atoms with Gasteiger partial charge < -0.3 is 14.9 Å². The van der Waals surface area contributed by atoms with Gasteiger partial charge in [-0.25, -0.2) is 4.98 Å². The zero-order valence-electron chi connectivity index (χ0n) is 18.4. The first-order chi connectivity index (χ1) is 16.9. The maximum absolute atomic E-state index is 13.3. The molecule has 1 saturated heterocycles. The van der Waals surface area contributed by atoms with Crippen LogP contribution in [0.4, 0.5) is 5.13 Å². The highest BCUT2D eigenvalue weighted by Gasteiger charge is 2.48. The Morgan fingerprint density at radius 2 is 1.86 bits per heavy atom. The number of ketones is 1. The molecule has 2 heterocycles. The number of halogens is 1. The number of anilines is 1. The summed E-state index contributed by atoms with van der Waals surface area (Å²) in [4.78, 5) is 32.5. The largest absolute Gasteiger partial charge is 0.507 e. The number of benzene rings is 3. The minimum Gasteiger partial charge on any atom is -0.507 e. The van der Waals surface area contributed by atoms with Crippen LogP contribution >= 0.6 is 22.9 Å². The number of aromatic hydroxyl groups is 1. The first kappa shape index (κ1) is 22.9. The summed E-state index contributed by atoms with van der Waals surface area (Å²) in [5.74, 6) is -1.86. The zero-order valence-corrected chi connectivity index (χ0v) is 20.0. The van der Waals surface area contributed by atoms with Gasteiger partial charge >= 0.3 is 5.91 Å². The van der Waals surface area contributed by atoms with E-state index in [0.717, 1.165) is 4.70 Å². The van der Waals surface area contributed by atoms with Crippen LogP contribution in [-0.4, -0.2) is 33.5 Å². The number of phenols is 1. The second-order valence-corrected chi connectivity index (χ2v) is 9.25. The molecule has 0 bridgehead atoms. The highest BCUT2D eigenvalue weighted by molar-refractivity contribution is 7.22. The molecule has 1 aromatic heterocycles. The molecule has 0 radical (unpaired) electrons. The van der Waals surface area contributed by atoms with E-state index >= 15 is 0 Å². The van der Waals surface area contributed by atoms with Crippen molar-refractivity contribution >= 4 is 55.7 Å². The smallest absolute Gasteiger partial charge is 0.301 e. The van der Waals surface area contributed by atoms with E-state index in [1.807, 2.05) is 24.3 Å². The lowest BCUT2D eigenvalue weighted by Gasteiger charge is -2.23. The quantitative estimate of drug-likeness (QED) is 0.205. The van der Waals surface area contributed by atoms with Gasteiger partial charge in [0.25, 0.3) is 5.78 Å². The van der Waals surface area contributed by atoms with Gasteiger partial charge in [0.15, 0.2) is 16.6 Å². The number of aromatic nitrogens is 1. The summed E-state index contributed by atoms with van der Waals surface area (Å²) in [6, 6.07) is 17.3. The number of thiazole rings is 1. The number of fused-ring (bicyclic) bond motifs is 1. The van der Waals surface area contributed by atoms with Crippen molar-refractivity contribution in [1.29, 1.82) is 0 Å². The number of para-hydroxylation sites is 1. The van der Waals surface area contributed by atoms with Crippen molar-refractivity contribution in [2.24, 2.45) is 0 Å². The van der Waals surface area contributed by atoms with Crippen LogP contribution in [-0.2, 0) is 9.59 Å². The fraction of sp³-hybridized carbons (Fsp3) is 0.115. The van der Waals surface area contributed by atoms with Gasteiger partial charge in [0.1, 0.15) is 5.76 Å². The van der Waals surface area contributed by atoms with Crippen molar-refractivity contribution < 1.29 is 24.5 Å². The molecule has 4 aromatic rings. The number of Topliss-reactive ketones (excluding diaryl/α,β-unsaturated/α-hetero) is 1. The molecule has 35 heavy (non-hydrogen) atoms. The number of rotatable bonds is 5. The van der Waals surface area contributed by atoms with E-state index in [1.165, 1.54) is 22.3 Å². The SMILES string of the molecule is CCOc1cc([C@H]2C(=C(O)c3ccc(Cl)cc3)C(=O)C(=O)N2c2nc3ccccc3s2)ccc1O. The number of ether oxygens (including phenoxy) is 1. The summed E-state index contributed by atoms with van der Waals surface area (Å²) in [5, 5.41) is 22.2. The molecular weight excluding hydrogens is 488 g/mol. The molecule has 1 aliphatic rings. The normalized spacial score (nSPS) is 17.3. The molecule has 0 spiro atoms. The molecule has 9 heteroatoms. The lowest BCUT2D eigenvalue weighted by molar-refractivity contribution is -0.132. The molecular formula is C26H19ClN2O5S. The number of hydrogen-bond donors (Lipinski definition) is 2. The monoisotopic (exact) mass is 506 g/mol. The highest BCUT2D eigenvalue weighted by Crippen LogP contribution is 2.45. The highest BCUT2D eigenvalue weighted by atomic mass is 35.5. The topological polar surface area (TPSA) is 100.0 Å². The summed E-state index contributed by atoms with van der Waals surface area (Å²) in [6.07, 6.45) is 0. The molecule has 5 rings (SSSR count). The summed E-state index contributed by atoms with van der Waals surface area (Å²) in [7, 11) is 0. The standard InChI is InChI=1S/C26H19ClN2O5S/c1-2-34-19-13-15(9-12-18(19)30)22-21(23(31)14-7-10-16(27)11-8-14)24(32)25(33)29(22)26-28-17-5-3-4-6-20(17)35-26/h3-13,22,30-31H,2H2,1H3/t22-/m0/s1. The molecule has 0 saturated carbocycles. The fourth-order valence-electron chi connectivity index (χ4n) is 4.04. The van der Waals surface area contributed by atoms with E-state index < -0.39 is 17.7 Å². The van der Waals surface area contributed by atoms with Crippen LogP contribution in [0.2, 0.25) is 5.02 Å². The van der Waals surface area contributed by atoms with Crippen LogP contribution in [0.25, 0.3) is 16.0 Å². The van der Waals surface area contributed by atoms with Gasteiger partial charge in [-0.3, -0.25) is 14.5 Å². The number of carbonyl (C=O) groups is 2. The van der Waals surface area contributed by atoms with E-state index in [4.69, 9.17) is 16.3 Å². The molecule has 0 unspecified atom stereocenters. The Bertz CT molecular complexity index is 1460. The van der Waals surface area contributed by atoms with Crippen molar-refractivity contribution in [3.63, 3.8) is 0 Å². The molecule has 1 aliphatic heterocycles. The number of hydrogen-bond acceptors (Lipinski definition) is 7. The summed E-state index contributed by atoms with van der Waals surface area (Å²) < 4.78 is 6.38. The lowest BCUT2D eigenvalue weighted by Crippen LogP contribution is -2.29. The third-order valence-corrected chi connectivity index (χ3v) is 6.94. The summed E-state index contributed by atoms with van der Waals surface area (Å²) >= 11 is 7.25. The van der Waals surface area contributed by atoms with E-state index in [0.29, 0.717) is 33.4 Å². The number of phenolic OH excluding ortho intramolecular Hbond substituents is 1. The number of amides is 1. The average molecular weight is 507 g/mol. The molecule has 0 aliphatic carbocycles. The van der Waals surface area contributed by atoms with Crippen molar-refractivity contribution in [3.05, 3.63) is 88.5 Å². The Balaban J connectivity index is 1.74.